The van der Waals surface area contributed by atoms with Crippen molar-refractivity contribution in [3.63, 3.8) is 0 Å². The summed E-state index contributed by atoms with van der Waals surface area (Å²) < 4.78 is 29.3. The number of carbonyl (C=O) groups excluding carboxylic acids is 2. The molecule has 1 aliphatic heterocycles. The average molecular weight is 698 g/mol. The molecule has 3 aromatic rings. The summed E-state index contributed by atoms with van der Waals surface area (Å²) in [6.07, 6.45) is -0.396. The minimum atomic E-state index is -1.52. The highest BCUT2D eigenvalue weighted by atomic mass is 79.9. The minimum Gasteiger partial charge on any atom is -0.494 e. The summed E-state index contributed by atoms with van der Waals surface area (Å²) in [4.78, 5) is 32.4. The van der Waals surface area contributed by atoms with Gasteiger partial charge in [-0.15, -0.1) is 0 Å². The number of carbonyl (C=O) groups is 2. The third-order valence-corrected chi connectivity index (χ3v) is 7.97. The molecule has 0 saturated carbocycles. The zero-order chi connectivity index (χ0) is 33.3. The fourth-order valence-electron chi connectivity index (χ4n) is 5.05. The summed E-state index contributed by atoms with van der Waals surface area (Å²) in [6.45, 7) is 5.98. The van der Waals surface area contributed by atoms with Gasteiger partial charge in [-0.2, -0.15) is 0 Å². The number of amides is 1. The quantitative estimate of drug-likeness (QED) is 0.157. The van der Waals surface area contributed by atoms with Gasteiger partial charge < -0.3 is 34.1 Å². The van der Waals surface area contributed by atoms with Crippen LogP contribution < -0.4 is 19.5 Å². The molecule has 2 N–H and O–H groups in total. The van der Waals surface area contributed by atoms with E-state index in [0.717, 1.165) is 10.0 Å². The van der Waals surface area contributed by atoms with Gasteiger partial charge in [0.1, 0.15) is 11.4 Å². The van der Waals surface area contributed by atoms with Crippen molar-refractivity contribution in [2.24, 2.45) is 4.99 Å². The molecule has 0 fully saturated rings. The fraction of sp³-hybridized carbons (Fsp3) is 0.400. The number of aliphatic imine (C=N–C) groups is 1. The summed E-state index contributed by atoms with van der Waals surface area (Å²) in [5.74, 6) is 1.14. The molecule has 1 amide bonds. The summed E-state index contributed by atoms with van der Waals surface area (Å²) in [5, 5.41) is 12.1. The first-order valence-electron chi connectivity index (χ1n) is 15.1. The van der Waals surface area contributed by atoms with Crippen LogP contribution in [0, 0.1) is 0 Å². The van der Waals surface area contributed by atoms with E-state index in [0.29, 0.717) is 41.4 Å². The van der Waals surface area contributed by atoms with E-state index < -0.39 is 29.1 Å². The van der Waals surface area contributed by atoms with E-state index in [1.165, 1.54) is 0 Å². The maximum atomic E-state index is 14.4. The molecule has 1 heterocycles. The highest BCUT2D eigenvalue weighted by Crippen LogP contribution is 2.45. The summed E-state index contributed by atoms with van der Waals surface area (Å²) >= 11 is 3.63. The Hall–Kier alpha value is -4.09. The van der Waals surface area contributed by atoms with E-state index in [1.54, 1.807) is 71.4 Å². The SMILES string of the molecule is COc1ccc(CNC(=O)[C@]2(CCC(=O)OC(C)(C)C)N=C(c3ccc(OCCCO)cc3)O[C@@H]2c2ccccc2Br)cc1OC. The number of halogens is 1. The molecule has 0 aliphatic carbocycles. The molecule has 0 unspecified atom stereocenters. The van der Waals surface area contributed by atoms with Crippen molar-refractivity contribution < 1.29 is 38.4 Å². The Balaban J connectivity index is 1.73. The molecular formula is C35H41BrN2O8. The number of aliphatic hydroxyl groups excluding tert-OH is 1. The Kier molecular flexibility index (Phi) is 11.7. The minimum absolute atomic E-state index is 0.0253. The number of esters is 1. The molecule has 0 bridgehead atoms. The summed E-state index contributed by atoms with van der Waals surface area (Å²) in [6, 6.07) is 20.0. The van der Waals surface area contributed by atoms with Crippen LogP contribution >= 0.6 is 15.9 Å². The first-order chi connectivity index (χ1) is 22.0. The zero-order valence-electron chi connectivity index (χ0n) is 26.8. The van der Waals surface area contributed by atoms with Crippen LogP contribution in [-0.4, -0.2) is 61.5 Å². The van der Waals surface area contributed by atoms with E-state index in [-0.39, 0.29) is 31.9 Å². The molecule has 1 aliphatic rings. The van der Waals surface area contributed by atoms with Crippen molar-refractivity contribution in [3.05, 3.63) is 87.9 Å². The standard InChI is InChI=1S/C35H41BrN2O8/c1-34(2,3)46-30(40)17-18-35(33(41)37-22-23-11-16-28(42-4)29(21-23)43-5)31(26-9-6-7-10-27(26)36)45-32(38-35)24-12-14-25(15-13-24)44-20-8-19-39/h6-7,9-16,21,31,39H,8,17-20,22H2,1-5H3,(H,37,41)/t31-,35-/m1/s1. The van der Waals surface area contributed by atoms with Gasteiger partial charge >= 0.3 is 5.97 Å². The van der Waals surface area contributed by atoms with Gasteiger partial charge in [0.05, 0.1) is 20.8 Å². The van der Waals surface area contributed by atoms with Gasteiger partial charge in [-0.25, -0.2) is 4.99 Å². The van der Waals surface area contributed by atoms with Crippen LogP contribution in [0.3, 0.4) is 0 Å². The number of ether oxygens (including phenoxy) is 5. The second-order valence-electron chi connectivity index (χ2n) is 11.8. The molecular weight excluding hydrogens is 656 g/mol. The third-order valence-electron chi connectivity index (χ3n) is 7.25. The number of rotatable bonds is 14. The molecule has 0 saturated heterocycles. The van der Waals surface area contributed by atoms with Gasteiger partial charge in [-0.05, 0) is 75.2 Å². The monoisotopic (exact) mass is 696 g/mol. The van der Waals surface area contributed by atoms with Gasteiger partial charge in [0.15, 0.2) is 23.1 Å². The van der Waals surface area contributed by atoms with Crippen LogP contribution in [0.5, 0.6) is 17.2 Å². The van der Waals surface area contributed by atoms with Crippen molar-refractivity contribution in [2.75, 3.05) is 27.4 Å². The Morgan fingerprint density at radius 2 is 1.74 bits per heavy atom. The molecule has 2 atom stereocenters. The van der Waals surface area contributed by atoms with Gasteiger partial charge in [-0.3, -0.25) is 9.59 Å². The highest BCUT2D eigenvalue weighted by molar-refractivity contribution is 9.10. The second-order valence-corrected chi connectivity index (χ2v) is 12.6. The number of hydrogen-bond donors (Lipinski definition) is 2. The normalized spacial score (nSPS) is 17.5. The molecule has 0 spiro atoms. The molecule has 11 heteroatoms. The largest absolute Gasteiger partial charge is 0.494 e. The second kappa shape index (κ2) is 15.5. The van der Waals surface area contributed by atoms with Gasteiger partial charge in [0.2, 0.25) is 5.90 Å². The van der Waals surface area contributed by atoms with Crippen LogP contribution in [-0.2, 0) is 25.6 Å². The summed E-state index contributed by atoms with van der Waals surface area (Å²) in [5.41, 5.74) is -0.0912. The Labute approximate surface area is 278 Å². The van der Waals surface area contributed by atoms with Crippen molar-refractivity contribution in [1.29, 1.82) is 0 Å². The maximum Gasteiger partial charge on any atom is 0.306 e. The van der Waals surface area contributed by atoms with Crippen molar-refractivity contribution in [1.82, 2.24) is 5.32 Å². The van der Waals surface area contributed by atoms with Gasteiger partial charge in [-0.1, -0.05) is 40.2 Å². The average Bonchev–Trinajstić information content (AvgIpc) is 3.43. The topological polar surface area (TPSA) is 125 Å². The number of benzene rings is 3. The lowest BCUT2D eigenvalue weighted by Gasteiger charge is -2.31. The molecule has 46 heavy (non-hydrogen) atoms. The van der Waals surface area contributed by atoms with E-state index in [9.17, 15) is 9.59 Å². The van der Waals surface area contributed by atoms with E-state index in [1.807, 2.05) is 30.3 Å². The predicted octanol–water partition coefficient (Wildman–Crippen LogP) is 5.92. The smallest absolute Gasteiger partial charge is 0.306 e. The number of nitrogens with one attached hydrogen (secondary N) is 1. The number of methoxy groups -OCH3 is 2. The Morgan fingerprint density at radius 1 is 1.02 bits per heavy atom. The van der Waals surface area contributed by atoms with Gasteiger partial charge in [0.25, 0.3) is 5.91 Å². The number of hydrogen-bond acceptors (Lipinski definition) is 9. The Bertz CT molecular complexity index is 1540. The van der Waals surface area contributed by atoms with Crippen LogP contribution in [0.1, 0.15) is 62.8 Å². The molecule has 0 aromatic heterocycles. The van der Waals surface area contributed by atoms with Crippen LogP contribution in [0.15, 0.2) is 76.2 Å². The van der Waals surface area contributed by atoms with Crippen molar-refractivity contribution in [2.45, 2.75) is 63.8 Å². The Morgan fingerprint density at radius 3 is 2.39 bits per heavy atom. The van der Waals surface area contributed by atoms with Crippen molar-refractivity contribution >= 4 is 33.7 Å². The molecule has 4 rings (SSSR count). The van der Waals surface area contributed by atoms with Crippen LogP contribution in [0.25, 0.3) is 0 Å². The van der Waals surface area contributed by atoms with Crippen LogP contribution in [0.4, 0.5) is 0 Å². The number of nitrogens with zero attached hydrogens (tertiary/aromatic N) is 1. The molecule has 246 valence electrons. The lowest BCUT2D eigenvalue weighted by atomic mass is 9.83. The first-order valence-corrected chi connectivity index (χ1v) is 15.8. The zero-order valence-corrected chi connectivity index (χ0v) is 28.4. The van der Waals surface area contributed by atoms with E-state index in [2.05, 4.69) is 21.2 Å². The fourth-order valence-corrected chi connectivity index (χ4v) is 5.54. The molecule has 0 radical (unpaired) electrons. The van der Waals surface area contributed by atoms with Crippen molar-refractivity contribution in [3.8, 4) is 17.2 Å². The maximum absolute atomic E-state index is 14.4. The summed E-state index contributed by atoms with van der Waals surface area (Å²) in [7, 11) is 3.11. The molecule has 3 aromatic carbocycles. The first kappa shape index (κ1) is 34.8. The van der Waals surface area contributed by atoms with E-state index >= 15 is 0 Å². The lowest BCUT2D eigenvalue weighted by Crippen LogP contribution is -2.48. The lowest BCUT2D eigenvalue weighted by molar-refractivity contribution is -0.155. The predicted molar refractivity (Wildman–Crippen MR) is 177 cm³/mol. The van der Waals surface area contributed by atoms with Crippen LogP contribution in [0.2, 0.25) is 0 Å². The molecule has 10 nitrogen and oxygen atoms in total. The van der Waals surface area contributed by atoms with Gasteiger partial charge in [0, 0.05) is 41.6 Å². The van der Waals surface area contributed by atoms with E-state index in [4.69, 9.17) is 33.8 Å². The third kappa shape index (κ3) is 8.58. The number of aliphatic hydroxyl groups is 1. The highest BCUT2D eigenvalue weighted by Gasteiger charge is 2.53.